The van der Waals surface area contributed by atoms with Crippen molar-refractivity contribution in [2.45, 2.75) is 20.0 Å². The summed E-state index contributed by atoms with van der Waals surface area (Å²) in [5, 5.41) is 4.12. The minimum Gasteiger partial charge on any atom is -0.478 e. The lowest BCUT2D eigenvalue weighted by atomic mass is 10.2. The zero-order valence-electron chi connectivity index (χ0n) is 15.6. The maximum Gasteiger partial charge on any atom is 0.279 e. The number of ether oxygens (including phenoxy) is 1. The number of benzene rings is 2. The van der Waals surface area contributed by atoms with E-state index in [0.717, 1.165) is 0 Å². The van der Waals surface area contributed by atoms with Gasteiger partial charge in [0, 0.05) is 0 Å². The van der Waals surface area contributed by atoms with Crippen molar-refractivity contribution in [1.82, 2.24) is 20.6 Å². The van der Waals surface area contributed by atoms with Crippen LogP contribution in [0.5, 0.6) is 5.75 Å². The number of hydrogen-bond acceptors (Lipinski definition) is 4. The fourth-order valence-electron chi connectivity index (χ4n) is 2.55. The average Bonchev–Trinajstić information content (AvgIpc) is 3.09. The average molecular weight is 400 g/mol. The molecular formula is C20H18F2N4O3. The number of nitrogens with one attached hydrogen (secondary N) is 2. The molecule has 7 nitrogen and oxygen atoms in total. The Balaban J connectivity index is 1.61. The Hall–Kier alpha value is -3.75. The van der Waals surface area contributed by atoms with Gasteiger partial charge < -0.3 is 4.74 Å². The van der Waals surface area contributed by atoms with Crippen LogP contribution >= 0.6 is 0 Å². The Labute approximate surface area is 165 Å². The van der Waals surface area contributed by atoms with Gasteiger partial charge in [0.25, 0.3) is 11.8 Å². The van der Waals surface area contributed by atoms with Crippen LogP contribution in [-0.4, -0.2) is 27.7 Å². The highest BCUT2D eigenvalue weighted by Crippen LogP contribution is 2.17. The maximum atomic E-state index is 13.6. The molecule has 0 aliphatic heterocycles. The van der Waals surface area contributed by atoms with Crippen molar-refractivity contribution in [3.8, 4) is 11.4 Å². The monoisotopic (exact) mass is 400 g/mol. The van der Waals surface area contributed by atoms with Crippen molar-refractivity contribution in [2.75, 3.05) is 0 Å². The first-order chi connectivity index (χ1) is 13.9. The zero-order chi connectivity index (χ0) is 21.0. The second-order valence-corrected chi connectivity index (χ2v) is 6.17. The highest BCUT2D eigenvalue weighted by molar-refractivity contribution is 5.96. The van der Waals surface area contributed by atoms with Crippen LogP contribution in [0.2, 0.25) is 0 Å². The SMILES string of the molecule is Cc1c(C(=O)NNC(=O)C(C)Oc2ccccc2F)cnn1-c1ccc(F)cc1. The van der Waals surface area contributed by atoms with Gasteiger partial charge in [-0.25, -0.2) is 13.5 Å². The van der Waals surface area contributed by atoms with Gasteiger partial charge in [0.15, 0.2) is 17.7 Å². The molecule has 1 unspecified atom stereocenters. The minimum atomic E-state index is -1.05. The molecule has 1 heterocycles. The number of rotatable bonds is 5. The molecule has 0 radical (unpaired) electrons. The molecule has 0 saturated heterocycles. The second-order valence-electron chi connectivity index (χ2n) is 6.17. The van der Waals surface area contributed by atoms with E-state index in [0.29, 0.717) is 11.4 Å². The van der Waals surface area contributed by atoms with Gasteiger partial charge in [0.05, 0.1) is 23.1 Å². The van der Waals surface area contributed by atoms with E-state index in [1.54, 1.807) is 13.0 Å². The van der Waals surface area contributed by atoms with Gasteiger partial charge in [-0.15, -0.1) is 0 Å². The van der Waals surface area contributed by atoms with E-state index < -0.39 is 23.7 Å². The topological polar surface area (TPSA) is 85.2 Å². The van der Waals surface area contributed by atoms with E-state index in [-0.39, 0.29) is 17.1 Å². The van der Waals surface area contributed by atoms with Gasteiger partial charge in [0.1, 0.15) is 5.82 Å². The Bertz CT molecular complexity index is 1030. The molecule has 3 aromatic rings. The van der Waals surface area contributed by atoms with Gasteiger partial charge in [-0.05, 0) is 50.2 Å². The molecule has 1 atom stereocenters. The van der Waals surface area contributed by atoms with E-state index in [1.807, 2.05) is 0 Å². The first-order valence-electron chi connectivity index (χ1n) is 8.68. The van der Waals surface area contributed by atoms with E-state index in [2.05, 4.69) is 16.0 Å². The molecule has 29 heavy (non-hydrogen) atoms. The quantitative estimate of drug-likeness (QED) is 0.645. The summed E-state index contributed by atoms with van der Waals surface area (Å²) in [6.45, 7) is 3.09. The molecule has 0 aliphatic rings. The normalized spacial score (nSPS) is 11.6. The Morgan fingerprint density at radius 1 is 1.07 bits per heavy atom. The summed E-state index contributed by atoms with van der Waals surface area (Å²) in [5.41, 5.74) is 5.80. The third-order valence-electron chi connectivity index (χ3n) is 4.13. The van der Waals surface area contributed by atoms with Crippen LogP contribution < -0.4 is 15.6 Å². The highest BCUT2D eigenvalue weighted by atomic mass is 19.1. The number of aromatic nitrogens is 2. The number of amides is 2. The van der Waals surface area contributed by atoms with E-state index >= 15 is 0 Å². The predicted molar refractivity (Wildman–Crippen MR) is 100 cm³/mol. The van der Waals surface area contributed by atoms with Crippen LogP contribution in [0.25, 0.3) is 5.69 Å². The molecule has 3 rings (SSSR count). The van der Waals surface area contributed by atoms with Crippen LogP contribution in [-0.2, 0) is 4.79 Å². The summed E-state index contributed by atoms with van der Waals surface area (Å²) >= 11 is 0. The van der Waals surface area contributed by atoms with E-state index in [9.17, 15) is 18.4 Å². The Morgan fingerprint density at radius 3 is 2.45 bits per heavy atom. The van der Waals surface area contributed by atoms with Crippen molar-refractivity contribution in [1.29, 1.82) is 0 Å². The van der Waals surface area contributed by atoms with Crippen LogP contribution in [0.3, 0.4) is 0 Å². The number of hydrazine groups is 1. The molecule has 0 aliphatic carbocycles. The van der Waals surface area contributed by atoms with Crippen molar-refractivity contribution < 1.29 is 23.1 Å². The summed E-state index contributed by atoms with van der Waals surface area (Å²) in [5.74, 6) is -2.31. The number of carbonyl (C=O) groups is 2. The summed E-state index contributed by atoms with van der Waals surface area (Å²) in [6.07, 6.45) is 0.287. The summed E-state index contributed by atoms with van der Waals surface area (Å²) in [4.78, 5) is 24.5. The Morgan fingerprint density at radius 2 is 1.76 bits per heavy atom. The summed E-state index contributed by atoms with van der Waals surface area (Å²) < 4.78 is 33.4. The molecule has 150 valence electrons. The smallest absolute Gasteiger partial charge is 0.279 e. The third-order valence-corrected chi connectivity index (χ3v) is 4.13. The molecule has 0 spiro atoms. The van der Waals surface area contributed by atoms with Gasteiger partial charge in [-0.1, -0.05) is 12.1 Å². The standard InChI is InChI=1S/C20H18F2N4O3/c1-12-16(11-23-26(12)15-9-7-14(21)8-10-15)20(28)25-24-19(27)13(2)29-18-6-4-3-5-17(18)22/h3-11,13H,1-2H3,(H,24,27)(H,25,28). The molecular weight excluding hydrogens is 382 g/mol. The van der Waals surface area contributed by atoms with Gasteiger partial charge in [-0.2, -0.15) is 5.10 Å². The van der Waals surface area contributed by atoms with Crippen molar-refractivity contribution in [2.24, 2.45) is 0 Å². The fraction of sp³-hybridized carbons (Fsp3) is 0.150. The molecule has 2 N–H and O–H groups in total. The molecule has 0 bridgehead atoms. The number of halogens is 2. The summed E-state index contributed by atoms with van der Waals surface area (Å²) in [6, 6.07) is 11.3. The number of carbonyl (C=O) groups excluding carboxylic acids is 2. The summed E-state index contributed by atoms with van der Waals surface area (Å²) in [7, 11) is 0. The largest absolute Gasteiger partial charge is 0.478 e. The van der Waals surface area contributed by atoms with Crippen molar-refractivity contribution >= 4 is 11.8 Å². The molecule has 9 heteroatoms. The molecule has 0 fully saturated rings. The second kappa shape index (κ2) is 8.51. The Kier molecular flexibility index (Phi) is 5.87. The van der Waals surface area contributed by atoms with E-state index in [1.165, 1.54) is 60.3 Å². The van der Waals surface area contributed by atoms with Crippen LogP contribution in [0.1, 0.15) is 23.0 Å². The number of nitrogens with zero attached hydrogens (tertiary/aromatic N) is 2. The first-order valence-corrected chi connectivity index (χ1v) is 8.68. The lowest BCUT2D eigenvalue weighted by Gasteiger charge is -2.15. The molecule has 0 saturated carbocycles. The predicted octanol–water partition coefficient (Wildman–Crippen LogP) is 2.69. The molecule has 2 amide bonds. The van der Waals surface area contributed by atoms with Crippen molar-refractivity contribution in [3.63, 3.8) is 0 Å². The molecule has 2 aromatic carbocycles. The number of para-hydroxylation sites is 1. The first kappa shape index (κ1) is 20.0. The fourth-order valence-corrected chi connectivity index (χ4v) is 2.55. The third kappa shape index (κ3) is 4.57. The van der Waals surface area contributed by atoms with Gasteiger partial charge >= 0.3 is 0 Å². The van der Waals surface area contributed by atoms with Crippen LogP contribution in [0.4, 0.5) is 8.78 Å². The maximum absolute atomic E-state index is 13.6. The minimum absolute atomic E-state index is 0.0714. The van der Waals surface area contributed by atoms with Crippen LogP contribution in [0.15, 0.2) is 54.7 Å². The lowest BCUT2D eigenvalue weighted by Crippen LogP contribution is -2.47. The zero-order valence-corrected chi connectivity index (χ0v) is 15.6. The lowest BCUT2D eigenvalue weighted by molar-refractivity contribution is -0.128. The highest BCUT2D eigenvalue weighted by Gasteiger charge is 2.19. The number of hydrogen-bond donors (Lipinski definition) is 2. The van der Waals surface area contributed by atoms with Crippen LogP contribution in [0, 0.1) is 18.6 Å². The van der Waals surface area contributed by atoms with Gasteiger partial charge in [0.2, 0.25) is 0 Å². The van der Waals surface area contributed by atoms with Gasteiger partial charge in [-0.3, -0.25) is 20.4 Å². The van der Waals surface area contributed by atoms with E-state index in [4.69, 9.17) is 4.74 Å². The van der Waals surface area contributed by atoms with Crippen molar-refractivity contribution in [3.05, 3.63) is 77.6 Å². The molecule has 1 aromatic heterocycles.